The van der Waals surface area contributed by atoms with Crippen molar-refractivity contribution in [1.82, 2.24) is 0 Å². The molecule has 1 heterocycles. The maximum absolute atomic E-state index is 9.53. The molecule has 1 aliphatic heterocycles. The lowest BCUT2D eigenvalue weighted by atomic mass is 9.83. The highest BCUT2D eigenvalue weighted by Crippen LogP contribution is 2.31. The largest absolute Gasteiger partial charge is 0.389 e. The Morgan fingerprint density at radius 3 is 2.21 bits per heavy atom. The molecular weight excluding hydrogens is 234 g/mol. The van der Waals surface area contributed by atoms with E-state index in [1.165, 1.54) is 5.69 Å². The van der Waals surface area contributed by atoms with Gasteiger partial charge in [0, 0.05) is 18.8 Å². The van der Waals surface area contributed by atoms with Gasteiger partial charge in [-0.1, -0.05) is 44.6 Å². The van der Waals surface area contributed by atoms with E-state index in [0.29, 0.717) is 5.41 Å². The van der Waals surface area contributed by atoms with Crippen LogP contribution in [0.2, 0.25) is 0 Å². The molecule has 0 saturated carbocycles. The molecular formula is C17H25NO. The van der Waals surface area contributed by atoms with Gasteiger partial charge >= 0.3 is 0 Å². The molecule has 104 valence electrons. The van der Waals surface area contributed by atoms with Gasteiger partial charge in [-0.2, -0.15) is 0 Å². The highest BCUT2D eigenvalue weighted by atomic mass is 16.3. The summed E-state index contributed by atoms with van der Waals surface area (Å²) in [5, 5.41) is 9.53. The van der Waals surface area contributed by atoms with Crippen molar-refractivity contribution in [3.05, 3.63) is 41.5 Å². The van der Waals surface area contributed by atoms with Crippen LogP contribution in [-0.2, 0) is 0 Å². The summed E-state index contributed by atoms with van der Waals surface area (Å²) in [6.45, 7) is 10.7. The van der Waals surface area contributed by atoms with Crippen molar-refractivity contribution >= 4 is 5.69 Å². The third kappa shape index (κ3) is 3.38. The first kappa shape index (κ1) is 14.1. The summed E-state index contributed by atoms with van der Waals surface area (Å²) in [7, 11) is 0. The van der Waals surface area contributed by atoms with Gasteiger partial charge in [0.2, 0.25) is 0 Å². The molecule has 0 saturated heterocycles. The van der Waals surface area contributed by atoms with Crippen LogP contribution in [0.1, 0.15) is 45.8 Å². The molecule has 0 aliphatic carbocycles. The first-order valence-corrected chi connectivity index (χ1v) is 7.10. The number of nitrogens with zero attached hydrogens (tertiary/aromatic N) is 1. The molecule has 1 N–H and O–H groups in total. The lowest BCUT2D eigenvalue weighted by Crippen LogP contribution is -2.31. The number of hydrogen-bond acceptors (Lipinski definition) is 2. The van der Waals surface area contributed by atoms with E-state index in [2.05, 4.69) is 43.9 Å². The number of aliphatic hydroxyl groups is 1. The maximum Gasteiger partial charge on any atom is 0.0761 e. The highest BCUT2D eigenvalue weighted by Gasteiger charge is 2.21. The molecule has 1 aromatic carbocycles. The van der Waals surface area contributed by atoms with Crippen molar-refractivity contribution in [2.24, 2.45) is 5.41 Å². The van der Waals surface area contributed by atoms with E-state index in [-0.39, 0.29) is 6.10 Å². The molecule has 0 spiro atoms. The Balaban J connectivity index is 2.07. The van der Waals surface area contributed by atoms with Crippen molar-refractivity contribution in [2.45, 2.75) is 40.2 Å². The van der Waals surface area contributed by atoms with Crippen molar-refractivity contribution in [3.63, 3.8) is 0 Å². The minimum Gasteiger partial charge on any atom is -0.389 e. The fourth-order valence-electron chi connectivity index (χ4n) is 2.55. The minimum absolute atomic E-state index is 0.294. The predicted octanol–water partition coefficient (Wildman–Crippen LogP) is 3.92. The molecule has 2 nitrogen and oxygen atoms in total. The van der Waals surface area contributed by atoms with Gasteiger partial charge in [0.05, 0.1) is 6.10 Å². The summed E-state index contributed by atoms with van der Waals surface area (Å²) in [6, 6.07) is 8.25. The van der Waals surface area contributed by atoms with Crippen molar-refractivity contribution in [2.75, 3.05) is 18.0 Å². The molecule has 1 aliphatic rings. The number of rotatable bonds is 2. The van der Waals surface area contributed by atoms with Gasteiger partial charge in [0.25, 0.3) is 0 Å². The molecule has 1 atom stereocenters. The van der Waals surface area contributed by atoms with Crippen molar-refractivity contribution in [3.8, 4) is 0 Å². The van der Waals surface area contributed by atoms with Crippen LogP contribution in [0.4, 0.5) is 5.69 Å². The summed E-state index contributed by atoms with van der Waals surface area (Å²) >= 11 is 0. The van der Waals surface area contributed by atoms with Crippen LogP contribution in [-0.4, -0.2) is 18.2 Å². The lowest BCUT2D eigenvalue weighted by Gasteiger charge is -2.33. The van der Waals surface area contributed by atoms with Gasteiger partial charge in [0.15, 0.2) is 0 Å². The molecule has 0 unspecified atom stereocenters. The second-order valence-electron chi connectivity index (χ2n) is 6.44. The predicted molar refractivity (Wildman–Crippen MR) is 81.4 cm³/mol. The average Bonchev–Trinajstić information content (AvgIpc) is 2.38. The molecule has 0 radical (unpaired) electrons. The lowest BCUT2D eigenvalue weighted by molar-refractivity contribution is 0.199. The molecule has 0 fully saturated rings. The summed E-state index contributed by atoms with van der Waals surface area (Å²) in [5.74, 6) is 0. The summed E-state index contributed by atoms with van der Waals surface area (Å²) in [5.41, 5.74) is 4.08. The second kappa shape index (κ2) is 5.38. The van der Waals surface area contributed by atoms with E-state index < -0.39 is 0 Å². The van der Waals surface area contributed by atoms with Gasteiger partial charge in [-0.05, 0) is 36.5 Å². The quantitative estimate of drug-likeness (QED) is 0.814. The first-order chi connectivity index (χ1) is 8.88. The van der Waals surface area contributed by atoms with E-state index in [9.17, 15) is 5.11 Å². The van der Waals surface area contributed by atoms with E-state index >= 15 is 0 Å². The van der Waals surface area contributed by atoms with Gasteiger partial charge in [-0.25, -0.2) is 0 Å². The SMILES string of the molecule is C[C@H](O)c1ccc(N2CC=C(C(C)(C)C)CC2)cc1. The van der Waals surface area contributed by atoms with Crippen LogP contribution < -0.4 is 4.90 Å². The summed E-state index contributed by atoms with van der Waals surface area (Å²) in [6.07, 6.45) is 3.12. The van der Waals surface area contributed by atoms with E-state index in [0.717, 1.165) is 25.1 Å². The highest BCUT2D eigenvalue weighted by molar-refractivity contribution is 5.49. The second-order valence-corrected chi connectivity index (χ2v) is 6.44. The Labute approximate surface area is 116 Å². The monoisotopic (exact) mass is 259 g/mol. The van der Waals surface area contributed by atoms with Crippen LogP contribution in [0.3, 0.4) is 0 Å². The number of hydrogen-bond donors (Lipinski definition) is 1. The smallest absolute Gasteiger partial charge is 0.0761 e. The average molecular weight is 259 g/mol. The Morgan fingerprint density at radius 2 is 1.79 bits per heavy atom. The molecule has 0 bridgehead atoms. The molecule has 19 heavy (non-hydrogen) atoms. The van der Waals surface area contributed by atoms with Gasteiger partial charge < -0.3 is 10.0 Å². The normalized spacial score (nSPS) is 18.2. The zero-order chi connectivity index (χ0) is 14.0. The van der Waals surface area contributed by atoms with Crippen LogP contribution in [0.15, 0.2) is 35.9 Å². The van der Waals surface area contributed by atoms with Crippen LogP contribution in [0, 0.1) is 5.41 Å². The van der Waals surface area contributed by atoms with E-state index in [1.54, 1.807) is 12.5 Å². The van der Waals surface area contributed by atoms with Gasteiger partial charge in [-0.15, -0.1) is 0 Å². The molecule has 1 aromatic rings. The third-order valence-corrected chi connectivity index (χ3v) is 3.91. The Morgan fingerprint density at radius 1 is 1.16 bits per heavy atom. The van der Waals surface area contributed by atoms with E-state index in [4.69, 9.17) is 0 Å². The third-order valence-electron chi connectivity index (χ3n) is 3.91. The fraction of sp³-hybridized carbons (Fsp3) is 0.529. The molecule has 2 rings (SSSR count). The molecule has 0 aromatic heterocycles. The standard InChI is InChI=1S/C17H25NO/c1-13(19)14-5-7-16(8-6-14)18-11-9-15(10-12-18)17(2,3)4/h5-9,13,19H,10-12H2,1-4H3/t13-/m0/s1. The fourth-order valence-corrected chi connectivity index (χ4v) is 2.55. The van der Waals surface area contributed by atoms with Crippen LogP contribution in [0.5, 0.6) is 0 Å². The molecule has 0 amide bonds. The number of aliphatic hydroxyl groups excluding tert-OH is 1. The maximum atomic E-state index is 9.53. The zero-order valence-electron chi connectivity index (χ0n) is 12.5. The van der Waals surface area contributed by atoms with Crippen molar-refractivity contribution < 1.29 is 5.11 Å². The van der Waals surface area contributed by atoms with E-state index in [1.807, 2.05) is 12.1 Å². The summed E-state index contributed by atoms with van der Waals surface area (Å²) in [4.78, 5) is 2.39. The Kier molecular flexibility index (Phi) is 4.00. The minimum atomic E-state index is -0.386. The van der Waals surface area contributed by atoms with Crippen molar-refractivity contribution in [1.29, 1.82) is 0 Å². The topological polar surface area (TPSA) is 23.5 Å². The number of benzene rings is 1. The Hall–Kier alpha value is -1.28. The van der Waals surface area contributed by atoms with Gasteiger partial charge in [-0.3, -0.25) is 0 Å². The first-order valence-electron chi connectivity index (χ1n) is 7.10. The number of anilines is 1. The van der Waals surface area contributed by atoms with Crippen LogP contribution >= 0.6 is 0 Å². The Bertz CT molecular complexity index is 451. The summed E-state index contributed by atoms with van der Waals surface area (Å²) < 4.78 is 0. The van der Waals surface area contributed by atoms with Gasteiger partial charge in [0.1, 0.15) is 0 Å². The van der Waals surface area contributed by atoms with Crippen LogP contribution in [0.25, 0.3) is 0 Å². The zero-order valence-corrected chi connectivity index (χ0v) is 12.5. The molecule has 2 heteroatoms.